The third kappa shape index (κ3) is 8.66. The lowest BCUT2D eigenvalue weighted by molar-refractivity contribution is -0.134. The zero-order chi connectivity index (χ0) is 31.0. The van der Waals surface area contributed by atoms with E-state index in [-0.39, 0.29) is 48.7 Å². The molecule has 0 saturated carbocycles. The summed E-state index contributed by atoms with van der Waals surface area (Å²) in [4.78, 5) is 29.7. The van der Waals surface area contributed by atoms with E-state index in [4.69, 9.17) is 9.47 Å². The SMILES string of the molecule is COc1ccc(S(=O)(=O)N(C)C[C@@H]2Oc3ccc(NC(=O)CCCN(C)C)cc3CC(=O)N([C@H](C)CO)C[C@H]2C)cc1. The van der Waals surface area contributed by atoms with Crippen molar-refractivity contribution in [2.24, 2.45) is 5.92 Å². The molecule has 1 aliphatic rings. The monoisotopic (exact) mass is 604 g/mol. The van der Waals surface area contributed by atoms with Crippen molar-refractivity contribution in [1.29, 1.82) is 0 Å². The molecule has 0 radical (unpaired) electrons. The van der Waals surface area contributed by atoms with Gasteiger partial charge in [-0.2, -0.15) is 4.31 Å². The summed E-state index contributed by atoms with van der Waals surface area (Å²) in [5, 5.41) is 12.8. The molecule has 232 valence electrons. The van der Waals surface area contributed by atoms with E-state index in [1.165, 1.54) is 30.6 Å². The van der Waals surface area contributed by atoms with Crippen LogP contribution in [0.4, 0.5) is 5.69 Å². The molecule has 2 aromatic carbocycles. The van der Waals surface area contributed by atoms with Crippen LogP contribution in [0.15, 0.2) is 47.4 Å². The first-order valence-electron chi connectivity index (χ1n) is 14.1. The highest BCUT2D eigenvalue weighted by molar-refractivity contribution is 7.89. The summed E-state index contributed by atoms with van der Waals surface area (Å²) in [6, 6.07) is 10.9. The van der Waals surface area contributed by atoms with Gasteiger partial charge in [0.2, 0.25) is 21.8 Å². The van der Waals surface area contributed by atoms with Gasteiger partial charge in [-0.05, 0) is 76.4 Å². The molecule has 0 bridgehead atoms. The number of nitrogens with one attached hydrogen (secondary N) is 1. The summed E-state index contributed by atoms with van der Waals surface area (Å²) in [5.74, 6) is 0.397. The van der Waals surface area contributed by atoms with Gasteiger partial charge in [0.1, 0.15) is 17.6 Å². The minimum absolute atomic E-state index is 0.00341. The van der Waals surface area contributed by atoms with Gasteiger partial charge in [-0.1, -0.05) is 6.92 Å². The van der Waals surface area contributed by atoms with Crippen molar-refractivity contribution in [2.75, 3.05) is 59.8 Å². The molecule has 0 spiro atoms. The van der Waals surface area contributed by atoms with E-state index in [1.54, 1.807) is 42.2 Å². The number of ether oxygens (including phenoxy) is 2. The topological polar surface area (TPSA) is 129 Å². The van der Waals surface area contributed by atoms with Crippen LogP contribution in [0.25, 0.3) is 0 Å². The number of fused-ring (bicyclic) bond motifs is 1. The number of anilines is 1. The molecule has 0 saturated heterocycles. The molecule has 2 N–H and O–H groups in total. The van der Waals surface area contributed by atoms with Crippen LogP contribution in [0.5, 0.6) is 11.5 Å². The normalized spacial score (nSPS) is 18.5. The van der Waals surface area contributed by atoms with Crippen LogP contribution in [-0.4, -0.2) is 106 Å². The molecule has 1 heterocycles. The maximum Gasteiger partial charge on any atom is 0.242 e. The number of nitrogens with zero attached hydrogens (tertiary/aromatic N) is 3. The second-order valence-electron chi connectivity index (χ2n) is 11.1. The molecule has 42 heavy (non-hydrogen) atoms. The number of hydrogen-bond acceptors (Lipinski definition) is 8. The number of sulfonamides is 1. The van der Waals surface area contributed by atoms with Gasteiger partial charge in [-0.25, -0.2) is 8.42 Å². The molecule has 2 aromatic rings. The van der Waals surface area contributed by atoms with E-state index in [2.05, 4.69) is 5.32 Å². The Bertz CT molecular complexity index is 1320. The van der Waals surface area contributed by atoms with Gasteiger partial charge in [-0.15, -0.1) is 0 Å². The number of carbonyl (C=O) groups excluding carboxylic acids is 2. The number of carbonyl (C=O) groups is 2. The van der Waals surface area contributed by atoms with Crippen LogP contribution in [0.1, 0.15) is 32.3 Å². The molecule has 3 atom stereocenters. The summed E-state index contributed by atoms with van der Waals surface area (Å²) < 4.78 is 39.6. The number of aliphatic hydroxyl groups excluding tert-OH is 1. The number of aliphatic hydroxyl groups is 1. The Morgan fingerprint density at radius 2 is 1.88 bits per heavy atom. The van der Waals surface area contributed by atoms with Crippen molar-refractivity contribution in [3.8, 4) is 11.5 Å². The van der Waals surface area contributed by atoms with Gasteiger partial charge >= 0.3 is 0 Å². The molecule has 0 unspecified atom stereocenters. The van der Waals surface area contributed by atoms with Crippen LogP contribution < -0.4 is 14.8 Å². The second-order valence-corrected chi connectivity index (χ2v) is 13.2. The van der Waals surface area contributed by atoms with Crippen molar-refractivity contribution >= 4 is 27.5 Å². The zero-order valence-electron chi connectivity index (χ0n) is 25.4. The highest BCUT2D eigenvalue weighted by atomic mass is 32.2. The Balaban J connectivity index is 1.89. The minimum Gasteiger partial charge on any atom is -0.497 e. The predicted molar refractivity (Wildman–Crippen MR) is 161 cm³/mol. The number of likely N-dealkylation sites (N-methyl/N-ethyl adjacent to an activating group) is 1. The Kier molecular flexibility index (Phi) is 11.7. The molecule has 12 heteroatoms. The van der Waals surface area contributed by atoms with Crippen LogP contribution in [0.2, 0.25) is 0 Å². The molecule has 0 aliphatic carbocycles. The lowest BCUT2D eigenvalue weighted by Gasteiger charge is -2.33. The van der Waals surface area contributed by atoms with Gasteiger partial charge in [0, 0.05) is 37.2 Å². The number of rotatable bonds is 12. The smallest absolute Gasteiger partial charge is 0.242 e. The summed E-state index contributed by atoms with van der Waals surface area (Å²) in [5.41, 5.74) is 1.12. The lowest BCUT2D eigenvalue weighted by Crippen LogP contribution is -2.48. The number of hydrogen-bond donors (Lipinski definition) is 2. The van der Waals surface area contributed by atoms with Gasteiger partial charge in [0.25, 0.3) is 0 Å². The van der Waals surface area contributed by atoms with Crippen molar-refractivity contribution < 1.29 is 32.6 Å². The third-order valence-corrected chi connectivity index (χ3v) is 9.25. The molecule has 3 rings (SSSR count). The Morgan fingerprint density at radius 3 is 2.50 bits per heavy atom. The van der Waals surface area contributed by atoms with E-state index in [1.807, 2.05) is 25.9 Å². The summed E-state index contributed by atoms with van der Waals surface area (Å²) in [7, 11) is 3.07. The maximum atomic E-state index is 13.4. The van der Waals surface area contributed by atoms with Gasteiger partial charge < -0.3 is 29.7 Å². The molecular weight excluding hydrogens is 560 g/mol. The summed E-state index contributed by atoms with van der Waals surface area (Å²) >= 11 is 0. The Hall–Kier alpha value is -3.19. The van der Waals surface area contributed by atoms with Crippen molar-refractivity contribution in [1.82, 2.24) is 14.1 Å². The van der Waals surface area contributed by atoms with Crippen LogP contribution in [0, 0.1) is 5.92 Å². The number of methoxy groups -OCH3 is 1. The first-order valence-corrected chi connectivity index (χ1v) is 15.5. The second kappa shape index (κ2) is 14.8. The fourth-order valence-electron chi connectivity index (χ4n) is 4.78. The lowest BCUT2D eigenvalue weighted by atomic mass is 10.0. The van der Waals surface area contributed by atoms with Crippen molar-refractivity contribution in [3.05, 3.63) is 48.0 Å². The maximum absolute atomic E-state index is 13.4. The van der Waals surface area contributed by atoms with E-state index in [0.717, 1.165) is 6.54 Å². The number of amides is 2. The van der Waals surface area contributed by atoms with Gasteiger partial charge in [-0.3, -0.25) is 9.59 Å². The minimum atomic E-state index is -3.85. The average molecular weight is 605 g/mol. The molecule has 0 fully saturated rings. The van der Waals surface area contributed by atoms with Crippen LogP contribution in [-0.2, 0) is 26.0 Å². The van der Waals surface area contributed by atoms with Gasteiger partial charge in [0.15, 0.2) is 0 Å². The standard InChI is InChI=1S/C30H44N4O7S/c1-21-18-34(22(2)20-35)30(37)17-23-16-24(31-29(36)8-7-15-32(3)4)9-14-27(23)41-28(21)19-33(5)42(38,39)26-12-10-25(40-6)11-13-26/h9-14,16,21-22,28,35H,7-8,15,17-20H2,1-6H3,(H,31,36)/t21-,22-,28+/m1/s1. The van der Waals surface area contributed by atoms with Crippen molar-refractivity contribution in [3.63, 3.8) is 0 Å². The van der Waals surface area contributed by atoms with Crippen LogP contribution in [0.3, 0.4) is 0 Å². The molecule has 11 nitrogen and oxygen atoms in total. The first-order chi connectivity index (χ1) is 19.8. The fraction of sp³-hybridized carbons (Fsp3) is 0.533. The largest absolute Gasteiger partial charge is 0.497 e. The Labute approximate surface area is 249 Å². The molecule has 1 aliphatic heterocycles. The Morgan fingerprint density at radius 1 is 1.19 bits per heavy atom. The molecular formula is C30H44N4O7S. The quantitative estimate of drug-likeness (QED) is 0.378. The molecule has 2 amide bonds. The highest BCUT2D eigenvalue weighted by Gasteiger charge is 2.33. The fourth-order valence-corrected chi connectivity index (χ4v) is 5.97. The summed E-state index contributed by atoms with van der Waals surface area (Å²) in [6.07, 6.45) is 0.462. The molecule has 0 aromatic heterocycles. The highest BCUT2D eigenvalue weighted by Crippen LogP contribution is 2.30. The van der Waals surface area contributed by atoms with E-state index in [0.29, 0.717) is 35.6 Å². The number of benzene rings is 2. The predicted octanol–water partition coefficient (Wildman–Crippen LogP) is 2.45. The third-order valence-electron chi connectivity index (χ3n) is 7.41. The first kappa shape index (κ1) is 33.3. The van der Waals surface area contributed by atoms with Crippen molar-refractivity contribution in [2.45, 2.75) is 50.2 Å². The zero-order valence-corrected chi connectivity index (χ0v) is 26.2. The average Bonchev–Trinajstić information content (AvgIpc) is 2.99. The van der Waals surface area contributed by atoms with Gasteiger partial charge in [0.05, 0.1) is 37.6 Å². The van der Waals surface area contributed by atoms with E-state index < -0.39 is 22.2 Å². The van der Waals surface area contributed by atoms with E-state index in [9.17, 15) is 23.1 Å². The summed E-state index contributed by atoms with van der Waals surface area (Å²) in [6.45, 7) is 4.53. The van der Waals surface area contributed by atoms with E-state index >= 15 is 0 Å². The van der Waals surface area contributed by atoms with Crippen LogP contribution >= 0.6 is 0 Å².